The van der Waals surface area contributed by atoms with Gasteiger partial charge >= 0.3 is 5.97 Å². The van der Waals surface area contributed by atoms with Gasteiger partial charge in [-0.15, -0.1) is 0 Å². The Bertz CT molecular complexity index is 748. The maximum absolute atomic E-state index is 12.0. The average molecular weight is 376 g/mol. The first-order valence-electron chi connectivity index (χ1n) is 8.33. The summed E-state index contributed by atoms with van der Waals surface area (Å²) in [5.74, 6) is -0.294. The van der Waals surface area contributed by atoms with Crippen LogP contribution in [0.2, 0.25) is 0 Å². The summed E-state index contributed by atoms with van der Waals surface area (Å²) in [6.45, 7) is -0.339. The first-order chi connectivity index (χ1) is 13.0. The van der Waals surface area contributed by atoms with Gasteiger partial charge in [0.15, 0.2) is 0 Å². The number of aromatic hydroxyl groups is 1. The van der Waals surface area contributed by atoms with E-state index in [0.29, 0.717) is 5.56 Å². The number of carbonyl (C=O) groups is 1. The fourth-order valence-electron chi connectivity index (χ4n) is 2.63. The fraction of sp³-hybridized carbons (Fsp3) is 0.316. The van der Waals surface area contributed by atoms with Crippen LogP contribution in [0.3, 0.4) is 0 Å². The van der Waals surface area contributed by atoms with Crippen LogP contribution in [0.15, 0.2) is 54.6 Å². The van der Waals surface area contributed by atoms with E-state index in [9.17, 15) is 25.2 Å². The third-order valence-electron chi connectivity index (χ3n) is 4.15. The molecule has 27 heavy (non-hydrogen) atoms. The number of carbonyl (C=O) groups excluding carboxylic acids is 1. The largest absolute Gasteiger partial charge is 0.508 e. The highest BCUT2D eigenvalue weighted by Crippen LogP contribution is 2.25. The summed E-state index contributed by atoms with van der Waals surface area (Å²) in [4.78, 5) is 12.0. The molecule has 0 amide bonds. The lowest BCUT2D eigenvalue weighted by atomic mass is 9.99. The van der Waals surface area contributed by atoms with Crippen LogP contribution in [-0.2, 0) is 9.47 Å². The molecule has 1 heterocycles. The molecule has 0 spiro atoms. The predicted octanol–water partition coefficient (Wildman–Crippen LogP) is 0.436. The van der Waals surface area contributed by atoms with Gasteiger partial charge in [-0.1, -0.05) is 18.2 Å². The molecule has 0 unspecified atom stereocenters. The van der Waals surface area contributed by atoms with Gasteiger partial charge in [-0.3, -0.25) is 0 Å². The van der Waals surface area contributed by atoms with Gasteiger partial charge in [0.1, 0.15) is 42.5 Å². The molecule has 8 nitrogen and oxygen atoms in total. The monoisotopic (exact) mass is 376 g/mol. The lowest BCUT2D eigenvalue weighted by Crippen LogP contribution is -2.60. The molecule has 1 aliphatic rings. The molecule has 5 atom stereocenters. The Morgan fingerprint density at radius 3 is 2.26 bits per heavy atom. The van der Waals surface area contributed by atoms with Crippen LogP contribution in [0.4, 0.5) is 0 Å². The summed E-state index contributed by atoms with van der Waals surface area (Å²) in [7, 11) is 0. The van der Waals surface area contributed by atoms with Crippen LogP contribution in [-0.4, -0.2) is 63.7 Å². The van der Waals surface area contributed by atoms with E-state index in [0.717, 1.165) is 0 Å². The van der Waals surface area contributed by atoms with Gasteiger partial charge in [0.2, 0.25) is 6.29 Å². The van der Waals surface area contributed by atoms with Gasteiger partial charge < -0.3 is 34.6 Å². The number of ether oxygens (including phenoxy) is 3. The average Bonchev–Trinajstić information content (AvgIpc) is 2.69. The maximum atomic E-state index is 12.0. The Labute approximate surface area is 155 Å². The van der Waals surface area contributed by atoms with Crippen molar-refractivity contribution < 1.29 is 39.4 Å². The third-order valence-corrected chi connectivity index (χ3v) is 4.15. The second kappa shape index (κ2) is 8.36. The van der Waals surface area contributed by atoms with Crippen molar-refractivity contribution in [3.63, 3.8) is 0 Å². The number of phenols is 1. The minimum atomic E-state index is -1.55. The van der Waals surface area contributed by atoms with Crippen molar-refractivity contribution >= 4 is 5.97 Å². The summed E-state index contributed by atoms with van der Waals surface area (Å²) in [5.41, 5.74) is 0.334. The highest BCUT2D eigenvalue weighted by atomic mass is 16.7. The topological polar surface area (TPSA) is 126 Å². The van der Waals surface area contributed by atoms with Crippen LogP contribution in [0.25, 0.3) is 0 Å². The molecule has 1 saturated heterocycles. The van der Waals surface area contributed by atoms with E-state index >= 15 is 0 Å². The standard InChI is InChI=1S/C19H20O8/c20-12-6-8-13(9-7-12)26-19-17(23)16(22)15(21)14(27-19)10-25-18(24)11-4-2-1-3-5-11/h1-9,14-17,19-23H,10H2/t14-,15+,16-,17-,19+/m0/s1. The van der Waals surface area contributed by atoms with E-state index < -0.39 is 36.7 Å². The van der Waals surface area contributed by atoms with Gasteiger partial charge in [0.05, 0.1) is 5.56 Å². The van der Waals surface area contributed by atoms with Crippen molar-refractivity contribution in [2.45, 2.75) is 30.7 Å². The molecule has 0 aromatic heterocycles. The molecule has 0 aliphatic carbocycles. The second-order valence-corrected chi connectivity index (χ2v) is 6.09. The SMILES string of the molecule is O=C(OC[C@@H]1O[C@@H](Oc2ccc(O)cc2)[C@@H](O)[C@@H](O)[C@@H]1O)c1ccccc1. The van der Waals surface area contributed by atoms with Crippen molar-refractivity contribution in [2.75, 3.05) is 6.61 Å². The number of phenolic OH excluding ortho intramolecular Hbond substituents is 1. The van der Waals surface area contributed by atoms with Gasteiger partial charge in [-0.2, -0.15) is 0 Å². The lowest BCUT2D eigenvalue weighted by molar-refractivity contribution is -0.277. The van der Waals surface area contributed by atoms with Crippen molar-refractivity contribution in [3.05, 3.63) is 60.2 Å². The Morgan fingerprint density at radius 2 is 1.59 bits per heavy atom. The number of rotatable bonds is 5. The summed E-state index contributed by atoms with van der Waals surface area (Å²) >= 11 is 0. The van der Waals surface area contributed by atoms with Gasteiger partial charge in [0.25, 0.3) is 0 Å². The maximum Gasteiger partial charge on any atom is 0.338 e. The first kappa shape index (κ1) is 19.1. The highest BCUT2D eigenvalue weighted by Gasteiger charge is 2.45. The Balaban J connectivity index is 1.64. The molecule has 3 rings (SSSR count). The summed E-state index contributed by atoms with van der Waals surface area (Å²) in [5, 5.41) is 39.5. The van der Waals surface area contributed by atoms with Crippen molar-refractivity contribution in [3.8, 4) is 11.5 Å². The number of esters is 1. The Hall–Kier alpha value is -2.65. The van der Waals surface area contributed by atoms with Crippen LogP contribution in [0.5, 0.6) is 11.5 Å². The van der Waals surface area contributed by atoms with E-state index in [2.05, 4.69) is 0 Å². The molecule has 4 N–H and O–H groups in total. The molecular formula is C19H20O8. The minimum Gasteiger partial charge on any atom is -0.508 e. The molecule has 2 aromatic rings. The van der Waals surface area contributed by atoms with E-state index in [1.165, 1.54) is 24.3 Å². The summed E-state index contributed by atoms with van der Waals surface area (Å²) < 4.78 is 16.1. The van der Waals surface area contributed by atoms with Crippen molar-refractivity contribution in [1.29, 1.82) is 0 Å². The van der Waals surface area contributed by atoms with E-state index in [1.54, 1.807) is 30.3 Å². The van der Waals surface area contributed by atoms with Crippen molar-refractivity contribution in [2.24, 2.45) is 0 Å². The smallest absolute Gasteiger partial charge is 0.338 e. The lowest BCUT2D eigenvalue weighted by Gasteiger charge is -2.39. The zero-order valence-corrected chi connectivity index (χ0v) is 14.2. The number of aliphatic hydroxyl groups excluding tert-OH is 3. The molecule has 0 bridgehead atoms. The Morgan fingerprint density at radius 1 is 0.926 bits per heavy atom. The van der Waals surface area contributed by atoms with E-state index in [1.807, 2.05) is 0 Å². The molecule has 1 aliphatic heterocycles. The predicted molar refractivity (Wildman–Crippen MR) is 92.1 cm³/mol. The van der Waals surface area contributed by atoms with Gasteiger partial charge in [-0.25, -0.2) is 4.79 Å². The number of aliphatic hydroxyl groups is 3. The molecular weight excluding hydrogens is 356 g/mol. The molecule has 144 valence electrons. The van der Waals surface area contributed by atoms with Gasteiger partial charge in [0, 0.05) is 0 Å². The van der Waals surface area contributed by atoms with E-state index in [-0.39, 0.29) is 18.1 Å². The fourth-order valence-corrected chi connectivity index (χ4v) is 2.63. The zero-order chi connectivity index (χ0) is 19.4. The summed E-state index contributed by atoms with van der Waals surface area (Å²) in [6.07, 6.45) is -6.94. The summed E-state index contributed by atoms with van der Waals surface area (Å²) in [6, 6.07) is 14.0. The van der Waals surface area contributed by atoms with E-state index in [4.69, 9.17) is 14.2 Å². The molecule has 2 aromatic carbocycles. The molecule has 0 radical (unpaired) electrons. The third kappa shape index (κ3) is 4.55. The second-order valence-electron chi connectivity index (χ2n) is 6.09. The number of benzene rings is 2. The van der Waals surface area contributed by atoms with Crippen LogP contribution in [0.1, 0.15) is 10.4 Å². The highest BCUT2D eigenvalue weighted by molar-refractivity contribution is 5.89. The zero-order valence-electron chi connectivity index (χ0n) is 14.2. The Kier molecular flexibility index (Phi) is 5.92. The normalized spacial score (nSPS) is 27.7. The molecule has 0 saturated carbocycles. The van der Waals surface area contributed by atoms with Crippen LogP contribution in [0, 0.1) is 0 Å². The molecule has 8 heteroatoms. The van der Waals surface area contributed by atoms with Crippen LogP contribution >= 0.6 is 0 Å². The van der Waals surface area contributed by atoms with Crippen molar-refractivity contribution in [1.82, 2.24) is 0 Å². The minimum absolute atomic E-state index is 0.0358. The van der Waals surface area contributed by atoms with Crippen LogP contribution < -0.4 is 4.74 Å². The molecule has 1 fully saturated rings. The van der Waals surface area contributed by atoms with Gasteiger partial charge in [-0.05, 0) is 36.4 Å². The first-order valence-corrected chi connectivity index (χ1v) is 8.33. The quantitative estimate of drug-likeness (QED) is 0.554. The number of hydrogen-bond acceptors (Lipinski definition) is 8. The number of hydrogen-bond donors (Lipinski definition) is 4.